The number of hydrogen-bond donors (Lipinski definition) is 3. The van der Waals surface area contributed by atoms with Crippen molar-refractivity contribution < 1.29 is 9.90 Å². The Morgan fingerprint density at radius 3 is 2.65 bits per heavy atom. The second kappa shape index (κ2) is 4.54. The molecule has 0 atom stereocenters. The maximum absolute atomic E-state index is 12.0. The van der Waals surface area contributed by atoms with Crippen LogP contribution in [0.5, 0.6) is 0 Å². The summed E-state index contributed by atoms with van der Waals surface area (Å²) in [6.45, 7) is 0.0635. The fourth-order valence-corrected chi connectivity index (χ4v) is 1.68. The average molecular weight is 239 g/mol. The van der Waals surface area contributed by atoms with Crippen LogP contribution >= 0.6 is 0 Å². The molecule has 7 heteroatoms. The molecule has 0 aliphatic heterocycles. The van der Waals surface area contributed by atoms with Gasteiger partial charge in [0.1, 0.15) is 5.69 Å². The third-order valence-corrected chi connectivity index (χ3v) is 2.58. The summed E-state index contributed by atoms with van der Waals surface area (Å²) >= 11 is 0. The molecule has 1 aliphatic carbocycles. The zero-order valence-corrected chi connectivity index (χ0v) is 9.10. The summed E-state index contributed by atoms with van der Waals surface area (Å²) in [4.78, 5) is 39.9. The van der Waals surface area contributed by atoms with Crippen LogP contribution < -0.4 is 11.2 Å². The molecule has 1 saturated carbocycles. The summed E-state index contributed by atoms with van der Waals surface area (Å²) in [7, 11) is 0. The van der Waals surface area contributed by atoms with Crippen LogP contribution in [0.3, 0.4) is 0 Å². The number of hydrogen-bond acceptors (Lipinski definition) is 4. The molecule has 17 heavy (non-hydrogen) atoms. The van der Waals surface area contributed by atoms with Crippen LogP contribution in [0.15, 0.2) is 15.7 Å². The number of aromatic amines is 2. The lowest BCUT2D eigenvalue weighted by atomic mass is 10.3. The molecule has 1 aromatic heterocycles. The van der Waals surface area contributed by atoms with Crippen LogP contribution in [-0.4, -0.2) is 45.1 Å². The molecule has 2 rings (SSSR count). The number of aliphatic hydroxyl groups is 1. The number of carbonyl (C=O) groups excluding carboxylic acids is 1. The molecule has 0 bridgehead atoms. The molecule has 0 aromatic carbocycles. The number of H-pyrrole nitrogens is 2. The van der Waals surface area contributed by atoms with Crippen LogP contribution in [0, 0.1) is 0 Å². The Morgan fingerprint density at radius 1 is 1.41 bits per heavy atom. The zero-order chi connectivity index (χ0) is 12.4. The monoisotopic (exact) mass is 239 g/mol. The lowest BCUT2D eigenvalue weighted by molar-refractivity contribution is 0.0701. The molecule has 0 unspecified atom stereocenters. The van der Waals surface area contributed by atoms with E-state index in [0.717, 1.165) is 18.9 Å². The van der Waals surface area contributed by atoms with Crippen LogP contribution in [-0.2, 0) is 0 Å². The van der Waals surface area contributed by atoms with Gasteiger partial charge in [0, 0.05) is 18.7 Å². The predicted octanol–water partition coefficient (Wildman–Crippen LogP) is -1.34. The van der Waals surface area contributed by atoms with Gasteiger partial charge in [0.05, 0.1) is 6.61 Å². The van der Waals surface area contributed by atoms with Crippen LogP contribution in [0.4, 0.5) is 0 Å². The third-order valence-electron chi connectivity index (χ3n) is 2.58. The lowest BCUT2D eigenvalue weighted by Gasteiger charge is -2.20. The summed E-state index contributed by atoms with van der Waals surface area (Å²) in [6, 6.07) is 1.16. The van der Waals surface area contributed by atoms with Crippen molar-refractivity contribution >= 4 is 5.91 Å². The Bertz CT molecular complexity index is 501. The van der Waals surface area contributed by atoms with Gasteiger partial charge in [-0.15, -0.1) is 0 Å². The van der Waals surface area contributed by atoms with Gasteiger partial charge in [-0.2, -0.15) is 0 Å². The third kappa shape index (κ3) is 2.62. The zero-order valence-electron chi connectivity index (χ0n) is 9.10. The Morgan fingerprint density at radius 2 is 2.12 bits per heavy atom. The quantitative estimate of drug-likeness (QED) is 0.604. The summed E-state index contributed by atoms with van der Waals surface area (Å²) in [5, 5.41) is 8.88. The minimum Gasteiger partial charge on any atom is -0.395 e. The first kappa shape index (κ1) is 11.6. The van der Waals surface area contributed by atoms with Crippen LogP contribution in [0.25, 0.3) is 0 Å². The smallest absolute Gasteiger partial charge is 0.326 e. The molecular weight excluding hydrogens is 226 g/mol. The molecule has 3 N–H and O–H groups in total. The summed E-state index contributed by atoms with van der Waals surface area (Å²) in [6.07, 6.45) is 1.78. The Kier molecular flexibility index (Phi) is 3.10. The topological polar surface area (TPSA) is 106 Å². The molecule has 1 fully saturated rings. The van der Waals surface area contributed by atoms with Gasteiger partial charge in [-0.3, -0.25) is 14.6 Å². The van der Waals surface area contributed by atoms with Gasteiger partial charge >= 0.3 is 5.69 Å². The number of nitrogens with zero attached hydrogens (tertiary/aromatic N) is 1. The van der Waals surface area contributed by atoms with Crippen LogP contribution in [0.2, 0.25) is 0 Å². The minimum absolute atomic E-state index is 0.0425. The molecule has 7 nitrogen and oxygen atoms in total. The first-order valence-electron chi connectivity index (χ1n) is 5.37. The SMILES string of the molecule is O=C(c1cc(=O)[nH]c(=O)[nH]1)N(CCO)C1CC1. The van der Waals surface area contributed by atoms with Crippen molar-refractivity contribution in [1.82, 2.24) is 14.9 Å². The molecule has 0 radical (unpaired) electrons. The van der Waals surface area contributed by atoms with Gasteiger partial charge in [-0.05, 0) is 12.8 Å². The van der Waals surface area contributed by atoms with Crippen molar-refractivity contribution in [2.45, 2.75) is 18.9 Å². The van der Waals surface area contributed by atoms with E-state index >= 15 is 0 Å². The maximum Gasteiger partial charge on any atom is 0.326 e. The Balaban J connectivity index is 2.28. The van der Waals surface area contributed by atoms with E-state index in [4.69, 9.17) is 5.11 Å². The van der Waals surface area contributed by atoms with E-state index in [-0.39, 0.29) is 24.9 Å². The minimum atomic E-state index is -0.708. The molecule has 1 aliphatic rings. The highest BCUT2D eigenvalue weighted by Gasteiger charge is 2.33. The Hall–Kier alpha value is -1.89. The van der Waals surface area contributed by atoms with Gasteiger partial charge in [0.2, 0.25) is 0 Å². The lowest BCUT2D eigenvalue weighted by Crippen LogP contribution is -2.38. The number of rotatable bonds is 4. The molecule has 1 amide bonds. The van der Waals surface area contributed by atoms with Crippen molar-refractivity contribution in [2.24, 2.45) is 0 Å². The number of carbonyl (C=O) groups is 1. The second-order valence-electron chi connectivity index (χ2n) is 3.95. The average Bonchev–Trinajstić information content (AvgIpc) is 3.07. The summed E-state index contributed by atoms with van der Waals surface area (Å²) in [5.41, 5.74) is -1.36. The van der Waals surface area contributed by atoms with Gasteiger partial charge < -0.3 is 15.0 Å². The van der Waals surface area contributed by atoms with Gasteiger partial charge in [-0.25, -0.2) is 4.79 Å². The van der Waals surface area contributed by atoms with Crippen molar-refractivity contribution in [3.63, 3.8) is 0 Å². The van der Waals surface area contributed by atoms with E-state index in [0.29, 0.717) is 0 Å². The fraction of sp³-hybridized carbons (Fsp3) is 0.500. The van der Waals surface area contributed by atoms with E-state index in [2.05, 4.69) is 4.98 Å². The van der Waals surface area contributed by atoms with E-state index in [1.165, 1.54) is 4.90 Å². The summed E-state index contributed by atoms with van der Waals surface area (Å²) < 4.78 is 0. The largest absolute Gasteiger partial charge is 0.395 e. The van der Waals surface area contributed by atoms with Crippen LogP contribution in [0.1, 0.15) is 23.3 Å². The van der Waals surface area contributed by atoms with E-state index in [9.17, 15) is 14.4 Å². The van der Waals surface area contributed by atoms with E-state index < -0.39 is 17.2 Å². The standard InChI is InChI=1S/C10H13N3O4/c14-4-3-13(6-1-2-6)9(16)7-5-8(15)12-10(17)11-7/h5-6,14H,1-4H2,(H2,11,12,15,17). The van der Waals surface area contributed by atoms with Gasteiger partial charge in [0.15, 0.2) is 0 Å². The fourth-order valence-electron chi connectivity index (χ4n) is 1.68. The van der Waals surface area contributed by atoms with Crippen molar-refractivity contribution in [2.75, 3.05) is 13.2 Å². The van der Waals surface area contributed by atoms with E-state index in [1.807, 2.05) is 4.98 Å². The maximum atomic E-state index is 12.0. The number of amides is 1. The molecule has 0 spiro atoms. The molecular formula is C10H13N3O4. The van der Waals surface area contributed by atoms with E-state index in [1.54, 1.807) is 0 Å². The van der Waals surface area contributed by atoms with Gasteiger partial charge in [0.25, 0.3) is 11.5 Å². The Labute approximate surface area is 96.1 Å². The molecule has 1 heterocycles. The molecule has 1 aromatic rings. The normalized spacial score (nSPS) is 14.6. The second-order valence-corrected chi connectivity index (χ2v) is 3.95. The highest BCUT2D eigenvalue weighted by atomic mass is 16.3. The molecule has 92 valence electrons. The van der Waals surface area contributed by atoms with Gasteiger partial charge in [-0.1, -0.05) is 0 Å². The highest BCUT2D eigenvalue weighted by molar-refractivity contribution is 5.92. The number of aliphatic hydroxyl groups excluding tert-OH is 1. The van der Waals surface area contributed by atoms with Crippen molar-refractivity contribution in [3.05, 3.63) is 32.6 Å². The summed E-state index contributed by atoms with van der Waals surface area (Å²) in [5.74, 6) is -0.426. The number of nitrogens with one attached hydrogen (secondary N) is 2. The molecule has 0 saturated heterocycles. The van der Waals surface area contributed by atoms with Crippen molar-refractivity contribution in [1.29, 1.82) is 0 Å². The first-order chi connectivity index (χ1) is 8.11. The number of aromatic nitrogens is 2. The first-order valence-corrected chi connectivity index (χ1v) is 5.37. The van der Waals surface area contributed by atoms with Crippen molar-refractivity contribution in [3.8, 4) is 0 Å². The predicted molar refractivity (Wildman–Crippen MR) is 58.8 cm³/mol. The highest BCUT2D eigenvalue weighted by Crippen LogP contribution is 2.27.